The van der Waals surface area contributed by atoms with E-state index in [4.69, 9.17) is 13.7 Å². The Morgan fingerprint density at radius 2 is 1.86 bits per heavy atom. The molecule has 0 bridgehead atoms. The fourth-order valence-electron chi connectivity index (χ4n) is 2.85. The number of halogens is 1. The molecule has 0 aliphatic carbocycles. The van der Waals surface area contributed by atoms with Crippen molar-refractivity contribution in [3.8, 4) is 17.2 Å². The lowest BCUT2D eigenvalue weighted by Gasteiger charge is -1.99. The molecule has 2 heterocycles. The molecule has 0 unspecified atom stereocenters. The molecule has 2 aromatic carbocycles. The minimum absolute atomic E-state index is 0.290. The molecule has 6 nitrogen and oxygen atoms in total. The highest BCUT2D eigenvalue weighted by Gasteiger charge is 2.15. The highest BCUT2D eigenvalue weighted by atomic mass is 19.1. The van der Waals surface area contributed by atoms with Gasteiger partial charge in [-0.05, 0) is 48.9 Å². The van der Waals surface area contributed by atoms with E-state index in [9.17, 15) is 4.39 Å². The molecule has 28 heavy (non-hydrogen) atoms. The van der Waals surface area contributed by atoms with Crippen molar-refractivity contribution in [2.45, 2.75) is 19.8 Å². The molecular weight excluding hydrogens is 361 g/mol. The number of nitrogens with zero attached hydrogens (tertiary/aromatic N) is 3. The van der Waals surface area contributed by atoms with Gasteiger partial charge in [0.2, 0.25) is 11.8 Å². The number of aromatic nitrogens is 3. The second kappa shape index (κ2) is 7.64. The second-order valence-corrected chi connectivity index (χ2v) is 6.34. The van der Waals surface area contributed by atoms with E-state index in [2.05, 4.69) is 15.1 Å². The van der Waals surface area contributed by atoms with E-state index in [1.807, 2.05) is 37.3 Å². The smallest absolute Gasteiger partial charge is 0.231 e. The molecule has 0 saturated heterocycles. The summed E-state index contributed by atoms with van der Waals surface area (Å²) in [7, 11) is 1.62. The second-order valence-electron chi connectivity index (χ2n) is 6.34. The topological polar surface area (TPSA) is 74.2 Å². The van der Waals surface area contributed by atoms with Crippen LogP contribution in [0.3, 0.4) is 0 Å². The van der Waals surface area contributed by atoms with Crippen LogP contribution in [-0.4, -0.2) is 22.2 Å². The number of ether oxygens (including phenoxy) is 1. The molecule has 4 rings (SSSR count). The zero-order valence-corrected chi connectivity index (χ0v) is 15.5. The first-order valence-electron chi connectivity index (χ1n) is 8.77. The van der Waals surface area contributed by atoms with Crippen molar-refractivity contribution in [2.24, 2.45) is 0 Å². The maximum atomic E-state index is 13.3. The molecular formula is C21H18FN3O3. The zero-order chi connectivity index (χ0) is 19.5. The Labute approximate surface area is 161 Å². The molecule has 0 atom stereocenters. The Hall–Kier alpha value is -3.48. The molecule has 0 aliphatic rings. The minimum Gasteiger partial charge on any atom is -0.497 e. The molecule has 0 amide bonds. The normalized spacial score (nSPS) is 11.0. The molecule has 0 fully saturated rings. The van der Waals surface area contributed by atoms with E-state index in [1.165, 1.54) is 12.1 Å². The molecule has 4 aromatic rings. The standard InChI is InChI=1S/C21H18FN3O3/c1-13-18(23-21(27-13)15-6-8-17(26-2)9-7-15)12-19-24-20(28-25-19)11-14-4-3-5-16(22)10-14/h3-10H,11-12H2,1-2H3. The van der Waals surface area contributed by atoms with E-state index >= 15 is 0 Å². The summed E-state index contributed by atoms with van der Waals surface area (Å²) >= 11 is 0. The molecule has 0 N–H and O–H groups in total. The third-order valence-electron chi connectivity index (χ3n) is 4.31. The van der Waals surface area contributed by atoms with Crippen LogP contribution in [-0.2, 0) is 12.8 Å². The number of benzene rings is 2. The van der Waals surface area contributed by atoms with Gasteiger partial charge < -0.3 is 13.7 Å². The van der Waals surface area contributed by atoms with Crippen molar-refractivity contribution < 1.29 is 18.1 Å². The predicted octanol–water partition coefficient (Wildman–Crippen LogP) is 4.36. The molecule has 0 aliphatic heterocycles. The van der Waals surface area contributed by atoms with E-state index in [0.29, 0.717) is 36.2 Å². The molecule has 0 spiro atoms. The molecule has 2 aromatic heterocycles. The first kappa shape index (κ1) is 17.9. The van der Waals surface area contributed by atoms with E-state index in [1.54, 1.807) is 13.2 Å². The fourth-order valence-corrected chi connectivity index (χ4v) is 2.85. The first-order chi connectivity index (χ1) is 13.6. The Morgan fingerprint density at radius 1 is 1.04 bits per heavy atom. The third-order valence-corrected chi connectivity index (χ3v) is 4.31. The van der Waals surface area contributed by atoms with E-state index in [0.717, 1.165) is 22.6 Å². The Bertz CT molecular complexity index is 1090. The predicted molar refractivity (Wildman–Crippen MR) is 99.5 cm³/mol. The molecule has 0 radical (unpaired) electrons. The Morgan fingerprint density at radius 3 is 2.61 bits per heavy atom. The van der Waals surface area contributed by atoms with E-state index in [-0.39, 0.29) is 5.82 Å². The summed E-state index contributed by atoms with van der Waals surface area (Å²) in [5.74, 6) is 2.63. The average molecular weight is 379 g/mol. The van der Waals surface area contributed by atoms with Crippen molar-refractivity contribution in [3.05, 3.63) is 83.1 Å². The van der Waals surface area contributed by atoms with Crippen molar-refractivity contribution in [1.82, 2.24) is 15.1 Å². The van der Waals surface area contributed by atoms with Crippen LogP contribution < -0.4 is 4.74 Å². The number of aryl methyl sites for hydroxylation is 1. The van der Waals surface area contributed by atoms with Crippen LogP contribution in [0.25, 0.3) is 11.5 Å². The van der Waals surface area contributed by atoms with Crippen LogP contribution in [0.1, 0.15) is 28.7 Å². The van der Waals surface area contributed by atoms with Gasteiger partial charge in [0.25, 0.3) is 0 Å². The SMILES string of the molecule is COc1ccc(-c2nc(Cc3noc(Cc4cccc(F)c4)n3)c(C)o2)cc1. The summed E-state index contributed by atoms with van der Waals surface area (Å²) in [5.41, 5.74) is 2.37. The Kier molecular flexibility index (Phi) is 4.89. The van der Waals surface area contributed by atoms with Crippen LogP contribution in [0.4, 0.5) is 4.39 Å². The average Bonchev–Trinajstić information content (AvgIpc) is 3.29. The van der Waals surface area contributed by atoms with Gasteiger partial charge in [-0.25, -0.2) is 9.37 Å². The highest BCUT2D eigenvalue weighted by molar-refractivity contribution is 5.55. The molecule has 142 valence electrons. The van der Waals surface area contributed by atoms with Crippen molar-refractivity contribution in [3.63, 3.8) is 0 Å². The van der Waals surface area contributed by atoms with Gasteiger partial charge in [-0.2, -0.15) is 4.98 Å². The lowest BCUT2D eigenvalue weighted by molar-refractivity contribution is 0.380. The van der Waals surface area contributed by atoms with E-state index < -0.39 is 0 Å². The number of methoxy groups -OCH3 is 1. The maximum absolute atomic E-state index is 13.3. The first-order valence-corrected chi connectivity index (χ1v) is 8.77. The highest BCUT2D eigenvalue weighted by Crippen LogP contribution is 2.25. The Balaban J connectivity index is 1.48. The fraction of sp³-hybridized carbons (Fsp3) is 0.190. The van der Waals surface area contributed by atoms with Crippen LogP contribution >= 0.6 is 0 Å². The number of hydrogen-bond acceptors (Lipinski definition) is 6. The summed E-state index contributed by atoms with van der Waals surface area (Å²) in [6, 6.07) is 13.8. The van der Waals surface area contributed by atoms with Crippen molar-refractivity contribution >= 4 is 0 Å². The minimum atomic E-state index is -0.290. The summed E-state index contributed by atoms with van der Waals surface area (Å²) < 4.78 is 29.5. The van der Waals surface area contributed by atoms with Crippen molar-refractivity contribution in [1.29, 1.82) is 0 Å². The summed E-state index contributed by atoms with van der Waals surface area (Å²) in [6.45, 7) is 1.85. The van der Waals surface area contributed by atoms with Gasteiger partial charge in [-0.15, -0.1) is 0 Å². The van der Waals surface area contributed by atoms with Crippen molar-refractivity contribution in [2.75, 3.05) is 7.11 Å². The summed E-state index contributed by atoms with van der Waals surface area (Å²) in [5, 5.41) is 4.00. The quantitative estimate of drug-likeness (QED) is 0.495. The lowest BCUT2D eigenvalue weighted by atomic mass is 10.1. The van der Waals surface area contributed by atoms with Gasteiger partial charge in [-0.1, -0.05) is 17.3 Å². The molecule has 0 saturated carbocycles. The monoisotopic (exact) mass is 379 g/mol. The van der Waals surface area contributed by atoms with Gasteiger partial charge in [0.05, 0.1) is 25.6 Å². The molecule has 7 heteroatoms. The van der Waals surface area contributed by atoms with Gasteiger partial charge in [0.1, 0.15) is 17.3 Å². The largest absolute Gasteiger partial charge is 0.497 e. The number of oxazole rings is 1. The lowest BCUT2D eigenvalue weighted by Crippen LogP contribution is -1.95. The van der Waals surface area contributed by atoms with Gasteiger partial charge in [0.15, 0.2) is 5.82 Å². The maximum Gasteiger partial charge on any atom is 0.231 e. The van der Waals surface area contributed by atoms with Gasteiger partial charge >= 0.3 is 0 Å². The van der Waals surface area contributed by atoms with Crippen LogP contribution in [0.2, 0.25) is 0 Å². The summed E-state index contributed by atoms with van der Waals surface area (Å²) in [6.07, 6.45) is 0.762. The zero-order valence-electron chi connectivity index (χ0n) is 15.5. The van der Waals surface area contributed by atoms with Crippen LogP contribution in [0.5, 0.6) is 5.75 Å². The summed E-state index contributed by atoms with van der Waals surface area (Å²) in [4.78, 5) is 8.93. The number of rotatable bonds is 6. The van der Waals surface area contributed by atoms with Crippen LogP contribution in [0.15, 0.2) is 57.5 Å². The van der Waals surface area contributed by atoms with Gasteiger partial charge in [0, 0.05) is 5.56 Å². The van der Waals surface area contributed by atoms with Crippen LogP contribution in [0, 0.1) is 12.7 Å². The third kappa shape index (κ3) is 3.93. The van der Waals surface area contributed by atoms with Gasteiger partial charge in [-0.3, -0.25) is 0 Å². The number of hydrogen-bond donors (Lipinski definition) is 0.